The van der Waals surface area contributed by atoms with E-state index in [2.05, 4.69) is 15.4 Å². The first-order valence-electron chi connectivity index (χ1n) is 10.2. The second kappa shape index (κ2) is 10.9. The molecule has 2 heterocycles. The Hall–Kier alpha value is -3.74. The number of benzene rings is 1. The molecule has 0 aliphatic carbocycles. The molecule has 0 fully saturated rings. The molecule has 0 saturated carbocycles. The lowest BCUT2D eigenvalue weighted by atomic mass is 10.1. The lowest BCUT2D eigenvalue weighted by Gasteiger charge is -2.11. The maximum Gasteiger partial charge on any atom is 0.331 e. The van der Waals surface area contributed by atoms with Gasteiger partial charge in [-0.05, 0) is 37.1 Å². The third-order valence-corrected chi connectivity index (χ3v) is 4.52. The maximum atomic E-state index is 12.2. The van der Waals surface area contributed by atoms with Crippen LogP contribution in [0.3, 0.4) is 0 Å². The average molecular weight is 418 g/mol. The zero-order chi connectivity index (χ0) is 22.1. The first-order chi connectivity index (χ1) is 15.1. The van der Waals surface area contributed by atoms with Crippen molar-refractivity contribution >= 4 is 18.0 Å². The van der Waals surface area contributed by atoms with E-state index in [-0.39, 0.29) is 5.91 Å². The number of hydrogen-bond donors (Lipinski definition) is 1. The van der Waals surface area contributed by atoms with E-state index in [0.29, 0.717) is 18.8 Å². The minimum Gasteiger partial charge on any atom is -0.449 e. The van der Waals surface area contributed by atoms with Gasteiger partial charge in [0.2, 0.25) is 0 Å². The number of hydrogen-bond acceptors (Lipinski definition) is 5. The third kappa shape index (κ3) is 6.37. The van der Waals surface area contributed by atoms with Crippen molar-refractivity contribution in [1.29, 1.82) is 0 Å². The minimum atomic E-state index is -0.859. The summed E-state index contributed by atoms with van der Waals surface area (Å²) in [4.78, 5) is 28.3. The van der Waals surface area contributed by atoms with Gasteiger partial charge >= 0.3 is 5.97 Å². The Balaban J connectivity index is 1.77. The molecule has 3 aromatic rings. The number of amides is 1. The highest BCUT2D eigenvalue weighted by Crippen LogP contribution is 2.23. The van der Waals surface area contributed by atoms with E-state index in [0.717, 1.165) is 23.1 Å². The molecule has 160 valence electrons. The number of aromatic nitrogens is 3. The van der Waals surface area contributed by atoms with Crippen molar-refractivity contribution in [3.05, 3.63) is 78.3 Å². The van der Waals surface area contributed by atoms with E-state index in [1.165, 1.54) is 6.08 Å². The van der Waals surface area contributed by atoms with Crippen molar-refractivity contribution in [2.75, 3.05) is 6.54 Å². The molecule has 0 spiro atoms. The SMILES string of the molecule is CCCNC(=O)[C@H](C)OC(=O)/C=C/c1cn(Cc2ccccc2)nc1-c1cccnc1. The third-order valence-electron chi connectivity index (χ3n) is 4.52. The van der Waals surface area contributed by atoms with Gasteiger partial charge in [-0.25, -0.2) is 4.79 Å². The average Bonchev–Trinajstić information content (AvgIpc) is 3.19. The number of pyridine rings is 1. The monoisotopic (exact) mass is 418 g/mol. The number of nitrogens with one attached hydrogen (secondary N) is 1. The maximum absolute atomic E-state index is 12.2. The molecule has 0 unspecified atom stereocenters. The quantitative estimate of drug-likeness (QED) is 0.425. The Kier molecular flexibility index (Phi) is 7.70. The first-order valence-corrected chi connectivity index (χ1v) is 10.2. The largest absolute Gasteiger partial charge is 0.449 e. The Bertz CT molecular complexity index is 1030. The summed E-state index contributed by atoms with van der Waals surface area (Å²) in [6, 6.07) is 13.7. The molecule has 31 heavy (non-hydrogen) atoms. The molecular formula is C24H26N4O3. The van der Waals surface area contributed by atoms with Crippen LogP contribution >= 0.6 is 0 Å². The van der Waals surface area contributed by atoms with Crippen LogP contribution in [-0.2, 0) is 20.9 Å². The fraction of sp³-hybridized carbons (Fsp3) is 0.250. The van der Waals surface area contributed by atoms with Gasteiger partial charge in [-0.3, -0.25) is 14.5 Å². The highest BCUT2D eigenvalue weighted by molar-refractivity contribution is 5.91. The Labute approximate surface area is 181 Å². The van der Waals surface area contributed by atoms with Crippen molar-refractivity contribution in [3.8, 4) is 11.3 Å². The molecule has 0 bridgehead atoms. The van der Waals surface area contributed by atoms with E-state index >= 15 is 0 Å². The van der Waals surface area contributed by atoms with Crippen LogP contribution in [0.1, 0.15) is 31.4 Å². The van der Waals surface area contributed by atoms with E-state index in [1.54, 1.807) is 25.4 Å². The normalized spacial score (nSPS) is 11.9. The molecule has 7 heteroatoms. The zero-order valence-electron chi connectivity index (χ0n) is 17.7. The topological polar surface area (TPSA) is 86.1 Å². The molecule has 0 saturated heterocycles. The van der Waals surface area contributed by atoms with Gasteiger partial charge in [0, 0.05) is 42.3 Å². The smallest absolute Gasteiger partial charge is 0.331 e. The van der Waals surface area contributed by atoms with Crippen molar-refractivity contribution in [2.45, 2.75) is 32.9 Å². The Morgan fingerprint density at radius 2 is 2.00 bits per heavy atom. The first kappa shape index (κ1) is 22.0. The number of ether oxygens (including phenoxy) is 1. The molecule has 2 aromatic heterocycles. The summed E-state index contributed by atoms with van der Waals surface area (Å²) in [7, 11) is 0. The molecule has 7 nitrogen and oxygen atoms in total. The second-order valence-corrected chi connectivity index (χ2v) is 7.06. The van der Waals surface area contributed by atoms with Crippen LogP contribution in [0.25, 0.3) is 17.3 Å². The molecule has 1 atom stereocenters. The van der Waals surface area contributed by atoms with Gasteiger partial charge in [-0.15, -0.1) is 0 Å². The van der Waals surface area contributed by atoms with Gasteiger partial charge in [0.25, 0.3) is 5.91 Å². The molecule has 3 rings (SSSR count). The molecule has 1 N–H and O–H groups in total. The van der Waals surface area contributed by atoms with E-state index in [4.69, 9.17) is 4.74 Å². The van der Waals surface area contributed by atoms with Gasteiger partial charge in [0.15, 0.2) is 6.10 Å². The minimum absolute atomic E-state index is 0.310. The summed E-state index contributed by atoms with van der Waals surface area (Å²) < 4.78 is 7.02. The summed E-state index contributed by atoms with van der Waals surface area (Å²) in [5, 5.41) is 7.39. The summed E-state index contributed by atoms with van der Waals surface area (Å²) >= 11 is 0. The van der Waals surface area contributed by atoms with Crippen LogP contribution in [0.15, 0.2) is 67.1 Å². The number of carbonyl (C=O) groups excluding carboxylic acids is 2. The van der Waals surface area contributed by atoms with Crippen LogP contribution in [0.4, 0.5) is 0 Å². The zero-order valence-corrected chi connectivity index (χ0v) is 17.7. The van der Waals surface area contributed by atoms with Crippen LogP contribution in [0, 0.1) is 0 Å². The predicted molar refractivity (Wildman–Crippen MR) is 119 cm³/mol. The lowest BCUT2D eigenvalue weighted by molar-refractivity contribution is -0.150. The number of carbonyl (C=O) groups is 2. The van der Waals surface area contributed by atoms with E-state index in [9.17, 15) is 9.59 Å². The van der Waals surface area contributed by atoms with Crippen LogP contribution < -0.4 is 5.32 Å². The van der Waals surface area contributed by atoms with Crippen molar-refractivity contribution in [1.82, 2.24) is 20.1 Å². The number of esters is 1. The van der Waals surface area contributed by atoms with Crippen LogP contribution in [-0.4, -0.2) is 39.3 Å². The van der Waals surface area contributed by atoms with E-state index in [1.807, 2.05) is 60.3 Å². The molecular weight excluding hydrogens is 392 g/mol. The van der Waals surface area contributed by atoms with Crippen molar-refractivity contribution in [2.24, 2.45) is 0 Å². The summed E-state index contributed by atoms with van der Waals surface area (Å²) in [6.07, 6.45) is 8.21. The van der Waals surface area contributed by atoms with Crippen molar-refractivity contribution in [3.63, 3.8) is 0 Å². The number of rotatable bonds is 9. The van der Waals surface area contributed by atoms with Gasteiger partial charge < -0.3 is 10.1 Å². The molecule has 1 amide bonds. The van der Waals surface area contributed by atoms with Gasteiger partial charge in [0.1, 0.15) is 5.69 Å². The fourth-order valence-electron chi connectivity index (χ4n) is 2.95. The highest BCUT2D eigenvalue weighted by atomic mass is 16.5. The van der Waals surface area contributed by atoms with Crippen molar-refractivity contribution < 1.29 is 14.3 Å². The fourth-order valence-corrected chi connectivity index (χ4v) is 2.95. The number of nitrogens with zero attached hydrogens (tertiary/aromatic N) is 3. The van der Waals surface area contributed by atoms with Gasteiger partial charge in [-0.1, -0.05) is 37.3 Å². The lowest BCUT2D eigenvalue weighted by Crippen LogP contribution is -2.35. The molecule has 1 aromatic carbocycles. The molecule has 0 aliphatic heterocycles. The predicted octanol–water partition coefficient (Wildman–Crippen LogP) is 3.46. The van der Waals surface area contributed by atoms with Crippen LogP contribution in [0.2, 0.25) is 0 Å². The van der Waals surface area contributed by atoms with Gasteiger partial charge in [-0.2, -0.15) is 5.10 Å². The van der Waals surface area contributed by atoms with Gasteiger partial charge in [0.05, 0.1) is 6.54 Å². The Morgan fingerprint density at radius 3 is 2.71 bits per heavy atom. The Morgan fingerprint density at radius 1 is 1.19 bits per heavy atom. The standard InChI is InChI=1S/C24H26N4O3/c1-3-13-26-24(30)18(2)31-22(29)12-11-21-17-28(16-19-8-5-4-6-9-19)27-23(21)20-10-7-14-25-15-20/h4-12,14-15,17-18H,3,13,16H2,1-2H3,(H,26,30)/b12-11+/t18-/m0/s1. The second-order valence-electron chi connectivity index (χ2n) is 7.06. The van der Waals surface area contributed by atoms with Crippen LogP contribution in [0.5, 0.6) is 0 Å². The summed E-state index contributed by atoms with van der Waals surface area (Å²) in [5.41, 5.74) is 3.42. The molecule has 0 aliphatic rings. The highest BCUT2D eigenvalue weighted by Gasteiger charge is 2.16. The summed E-state index contributed by atoms with van der Waals surface area (Å²) in [6.45, 7) is 4.65. The molecule has 0 radical (unpaired) electrons. The van der Waals surface area contributed by atoms with E-state index < -0.39 is 12.1 Å². The summed E-state index contributed by atoms with van der Waals surface area (Å²) in [5.74, 6) is -0.901.